The first-order valence-corrected chi connectivity index (χ1v) is 8.19. The molecular formula is C18H18Si. The van der Waals surface area contributed by atoms with Crippen LogP contribution < -0.4 is 0 Å². The van der Waals surface area contributed by atoms with Gasteiger partial charge in [-0.05, 0) is 36.1 Å². The molecular weight excluding hydrogens is 244 g/mol. The molecule has 0 atom stereocenters. The number of hydrogen-bond donors (Lipinski definition) is 0. The molecule has 0 aliphatic carbocycles. The molecule has 0 amide bonds. The maximum atomic E-state index is 2.31. The van der Waals surface area contributed by atoms with Gasteiger partial charge >= 0.3 is 0 Å². The van der Waals surface area contributed by atoms with Crippen molar-refractivity contribution in [3.05, 3.63) is 82.2 Å². The van der Waals surface area contributed by atoms with Gasteiger partial charge in [-0.25, -0.2) is 0 Å². The van der Waals surface area contributed by atoms with E-state index in [4.69, 9.17) is 0 Å². The van der Waals surface area contributed by atoms with Gasteiger partial charge in [-0.2, -0.15) is 0 Å². The van der Waals surface area contributed by atoms with Crippen molar-refractivity contribution in [2.24, 2.45) is 0 Å². The summed E-state index contributed by atoms with van der Waals surface area (Å²) >= 11 is 0. The quantitative estimate of drug-likeness (QED) is 0.717. The number of rotatable bonds is 2. The molecule has 1 aliphatic rings. The van der Waals surface area contributed by atoms with Crippen LogP contribution in [-0.4, -0.2) is 9.52 Å². The Morgan fingerprint density at radius 1 is 0.579 bits per heavy atom. The third-order valence-electron chi connectivity index (χ3n) is 3.76. The van der Waals surface area contributed by atoms with E-state index >= 15 is 0 Å². The van der Waals surface area contributed by atoms with Crippen molar-refractivity contribution in [2.75, 3.05) is 0 Å². The van der Waals surface area contributed by atoms with Crippen LogP contribution in [0.4, 0.5) is 0 Å². The number of benzene rings is 2. The molecule has 1 heteroatoms. The van der Waals surface area contributed by atoms with Gasteiger partial charge in [0, 0.05) is 0 Å². The molecule has 19 heavy (non-hydrogen) atoms. The van der Waals surface area contributed by atoms with Gasteiger partial charge in [0.25, 0.3) is 0 Å². The van der Waals surface area contributed by atoms with Crippen LogP contribution in [0.15, 0.2) is 71.1 Å². The van der Waals surface area contributed by atoms with E-state index in [1.54, 1.807) is 10.4 Å². The van der Waals surface area contributed by atoms with E-state index in [9.17, 15) is 0 Å². The molecule has 0 unspecified atom stereocenters. The highest BCUT2D eigenvalue weighted by Crippen LogP contribution is 2.40. The average Bonchev–Trinajstić information content (AvgIpc) is 2.75. The first-order valence-electron chi connectivity index (χ1n) is 6.78. The summed E-state index contributed by atoms with van der Waals surface area (Å²) in [6.07, 6.45) is 0. The molecule has 2 aromatic carbocycles. The summed E-state index contributed by atoms with van der Waals surface area (Å²) < 4.78 is 0. The van der Waals surface area contributed by atoms with Crippen LogP contribution in [0.2, 0.25) is 0 Å². The Bertz CT molecular complexity index is 589. The van der Waals surface area contributed by atoms with E-state index < -0.39 is 0 Å². The zero-order valence-electron chi connectivity index (χ0n) is 11.5. The lowest BCUT2D eigenvalue weighted by Gasteiger charge is -2.12. The van der Waals surface area contributed by atoms with Gasteiger partial charge in [0.15, 0.2) is 0 Å². The Kier molecular flexibility index (Phi) is 3.22. The summed E-state index contributed by atoms with van der Waals surface area (Å²) in [5.74, 6) is 0. The monoisotopic (exact) mass is 262 g/mol. The van der Waals surface area contributed by atoms with E-state index in [0.717, 1.165) is 0 Å². The summed E-state index contributed by atoms with van der Waals surface area (Å²) in [6, 6.07) is 21.6. The Hall–Kier alpha value is -1.86. The van der Waals surface area contributed by atoms with Crippen LogP contribution in [0.3, 0.4) is 0 Å². The molecule has 0 bridgehead atoms. The third-order valence-corrected chi connectivity index (χ3v) is 5.53. The predicted molar refractivity (Wildman–Crippen MR) is 86.6 cm³/mol. The second-order valence-corrected chi connectivity index (χ2v) is 7.69. The molecule has 1 aliphatic heterocycles. The molecule has 0 fully saturated rings. The summed E-state index contributed by atoms with van der Waals surface area (Å²) in [5.41, 5.74) is 5.69. The Morgan fingerprint density at radius 2 is 0.947 bits per heavy atom. The fourth-order valence-electron chi connectivity index (χ4n) is 2.99. The van der Waals surface area contributed by atoms with E-state index in [1.807, 2.05) is 0 Å². The molecule has 0 nitrogen and oxygen atoms in total. The van der Waals surface area contributed by atoms with Gasteiger partial charge in [0.2, 0.25) is 0 Å². The van der Waals surface area contributed by atoms with Gasteiger partial charge in [-0.1, -0.05) is 71.1 Å². The van der Waals surface area contributed by atoms with E-state index in [0.29, 0.717) is 0 Å². The molecule has 2 aromatic rings. The van der Waals surface area contributed by atoms with Crippen LogP contribution in [-0.2, 0) is 0 Å². The van der Waals surface area contributed by atoms with Crippen LogP contribution in [0.25, 0.3) is 11.1 Å². The van der Waals surface area contributed by atoms with Gasteiger partial charge in [-0.15, -0.1) is 0 Å². The summed E-state index contributed by atoms with van der Waals surface area (Å²) in [4.78, 5) is 0. The van der Waals surface area contributed by atoms with E-state index in [2.05, 4.69) is 74.5 Å². The maximum Gasteiger partial charge on any atom is 0.0782 e. The highest BCUT2D eigenvalue weighted by Gasteiger charge is 2.21. The van der Waals surface area contributed by atoms with E-state index in [-0.39, 0.29) is 9.52 Å². The van der Waals surface area contributed by atoms with Crippen molar-refractivity contribution in [3.63, 3.8) is 0 Å². The lowest BCUT2D eigenvalue weighted by molar-refractivity contribution is 1.55. The second kappa shape index (κ2) is 5.02. The number of hydrogen-bond acceptors (Lipinski definition) is 0. The fraction of sp³-hybridized carbons (Fsp3) is 0.111. The molecule has 0 saturated carbocycles. The van der Waals surface area contributed by atoms with Crippen molar-refractivity contribution in [1.29, 1.82) is 0 Å². The fourth-order valence-corrected chi connectivity index (χ4v) is 4.90. The van der Waals surface area contributed by atoms with Crippen molar-refractivity contribution in [1.82, 2.24) is 0 Å². The minimum atomic E-state index is -0.231. The lowest BCUT2D eigenvalue weighted by Crippen LogP contribution is -1.90. The summed E-state index contributed by atoms with van der Waals surface area (Å²) in [7, 11) is -0.231. The van der Waals surface area contributed by atoms with Crippen molar-refractivity contribution in [3.8, 4) is 0 Å². The van der Waals surface area contributed by atoms with Crippen LogP contribution in [0, 0.1) is 0 Å². The zero-order chi connectivity index (χ0) is 13.2. The zero-order valence-corrected chi connectivity index (χ0v) is 12.9. The van der Waals surface area contributed by atoms with Crippen LogP contribution in [0.5, 0.6) is 0 Å². The predicted octanol–water partition coefficient (Wildman–Crippen LogP) is 4.03. The Labute approximate surface area is 117 Å². The molecule has 0 saturated heterocycles. The molecule has 0 radical (unpaired) electrons. The molecule has 94 valence electrons. The molecule has 0 aromatic heterocycles. The van der Waals surface area contributed by atoms with Gasteiger partial charge in [-0.3, -0.25) is 0 Å². The van der Waals surface area contributed by atoms with Crippen LogP contribution in [0.1, 0.15) is 25.0 Å². The average molecular weight is 262 g/mol. The van der Waals surface area contributed by atoms with Gasteiger partial charge < -0.3 is 0 Å². The van der Waals surface area contributed by atoms with E-state index in [1.165, 1.54) is 22.3 Å². The molecule has 0 spiro atoms. The first kappa shape index (κ1) is 12.2. The normalized spacial score (nSPS) is 15.3. The SMILES string of the molecule is CC1=C(c2ccccc2)C(c2ccccc2)=C(C)[SiH2]1. The number of allylic oxidation sites excluding steroid dienone is 4. The van der Waals surface area contributed by atoms with Crippen molar-refractivity contribution < 1.29 is 0 Å². The molecule has 0 N–H and O–H groups in total. The summed E-state index contributed by atoms with van der Waals surface area (Å²) in [5, 5.41) is 3.23. The minimum Gasteiger partial charge on any atom is -0.0777 e. The Balaban J connectivity index is 2.15. The van der Waals surface area contributed by atoms with Crippen molar-refractivity contribution in [2.45, 2.75) is 13.8 Å². The second-order valence-electron chi connectivity index (χ2n) is 5.22. The molecule has 3 rings (SSSR count). The van der Waals surface area contributed by atoms with Crippen molar-refractivity contribution >= 4 is 20.7 Å². The molecule has 1 heterocycles. The minimum absolute atomic E-state index is 0.231. The standard InChI is InChI=1S/C18H18Si/c1-13-17(15-9-5-3-6-10-15)18(14(2)19-13)16-11-7-4-8-12-16/h3-12H,19H2,1-2H3. The smallest absolute Gasteiger partial charge is 0.0777 e. The van der Waals surface area contributed by atoms with Crippen LogP contribution >= 0.6 is 0 Å². The lowest BCUT2D eigenvalue weighted by atomic mass is 9.92. The highest BCUT2D eigenvalue weighted by atomic mass is 28.2. The van der Waals surface area contributed by atoms with Gasteiger partial charge in [0.1, 0.15) is 0 Å². The highest BCUT2D eigenvalue weighted by molar-refractivity contribution is 6.62. The third kappa shape index (κ3) is 2.22. The largest absolute Gasteiger partial charge is 0.0782 e. The Morgan fingerprint density at radius 3 is 1.32 bits per heavy atom. The summed E-state index contributed by atoms with van der Waals surface area (Å²) in [6.45, 7) is 4.63. The van der Waals surface area contributed by atoms with Gasteiger partial charge in [0.05, 0.1) is 9.52 Å². The topological polar surface area (TPSA) is 0 Å². The maximum absolute atomic E-state index is 2.31. The first-order chi connectivity index (χ1) is 9.27.